The van der Waals surface area contributed by atoms with Gasteiger partial charge in [-0.1, -0.05) is 18.0 Å². The van der Waals surface area contributed by atoms with Crippen LogP contribution in [-0.2, 0) is 12.6 Å². The summed E-state index contributed by atoms with van der Waals surface area (Å²) < 4.78 is 6.89. The molecule has 1 aliphatic rings. The van der Waals surface area contributed by atoms with Gasteiger partial charge in [-0.25, -0.2) is 0 Å². The normalized spacial score (nSPS) is 17.3. The van der Waals surface area contributed by atoms with Gasteiger partial charge in [0.25, 0.3) is 5.91 Å². The van der Waals surface area contributed by atoms with E-state index in [2.05, 4.69) is 15.5 Å². The first-order valence-electron chi connectivity index (χ1n) is 6.85. The van der Waals surface area contributed by atoms with Crippen LogP contribution in [0.25, 0.3) is 0 Å². The Balaban J connectivity index is 1.89. The molecule has 0 spiro atoms. The van der Waals surface area contributed by atoms with Gasteiger partial charge in [-0.2, -0.15) is 4.98 Å². The number of aromatic nitrogens is 3. The standard InChI is InChI=1S/C14H18N4O2/c1-10-15-13(17-20-10)14(7-3-4-8-14)16-12(19)11-6-5-9-18(11)2/h5-6,9H,3-4,7-8H2,1-2H3,(H,16,19). The molecule has 0 radical (unpaired) electrons. The molecule has 0 aromatic carbocycles. The van der Waals surface area contributed by atoms with Crippen LogP contribution in [0.4, 0.5) is 0 Å². The zero-order valence-electron chi connectivity index (χ0n) is 11.7. The lowest BCUT2D eigenvalue weighted by atomic mass is 9.96. The van der Waals surface area contributed by atoms with Gasteiger partial charge in [-0.3, -0.25) is 4.79 Å². The molecule has 0 bridgehead atoms. The van der Waals surface area contributed by atoms with Crippen LogP contribution in [0.5, 0.6) is 0 Å². The van der Waals surface area contributed by atoms with Gasteiger partial charge in [-0.15, -0.1) is 0 Å². The van der Waals surface area contributed by atoms with E-state index in [0.717, 1.165) is 25.7 Å². The van der Waals surface area contributed by atoms with E-state index in [1.54, 1.807) is 17.6 Å². The highest BCUT2D eigenvalue weighted by molar-refractivity contribution is 5.93. The SMILES string of the molecule is Cc1nc(C2(NC(=O)c3cccn3C)CCCC2)no1. The predicted molar refractivity (Wildman–Crippen MR) is 72.1 cm³/mol. The molecule has 20 heavy (non-hydrogen) atoms. The summed E-state index contributed by atoms with van der Waals surface area (Å²) in [5.74, 6) is 1.02. The van der Waals surface area contributed by atoms with Gasteiger partial charge in [0, 0.05) is 20.2 Å². The Bertz CT molecular complexity index is 623. The van der Waals surface area contributed by atoms with Crippen LogP contribution in [0, 0.1) is 6.92 Å². The van der Waals surface area contributed by atoms with Crippen LogP contribution < -0.4 is 5.32 Å². The number of nitrogens with one attached hydrogen (secondary N) is 1. The average molecular weight is 274 g/mol. The third kappa shape index (κ3) is 2.11. The maximum atomic E-state index is 12.4. The highest BCUT2D eigenvalue weighted by Crippen LogP contribution is 2.37. The Hall–Kier alpha value is -2.11. The van der Waals surface area contributed by atoms with E-state index in [9.17, 15) is 4.79 Å². The molecular formula is C14H18N4O2. The zero-order chi connectivity index (χ0) is 14.2. The Morgan fingerprint density at radius 1 is 1.45 bits per heavy atom. The maximum absolute atomic E-state index is 12.4. The molecule has 0 atom stereocenters. The number of rotatable bonds is 3. The lowest BCUT2D eigenvalue weighted by Gasteiger charge is -2.26. The summed E-state index contributed by atoms with van der Waals surface area (Å²) in [4.78, 5) is 16.8. The van der Waals surface area contributed by atoms with Crippen molar-refractivity contribution in [3.05, 3.63) is 35.7 Å². The molecule has 1 N–H and O–H groups in total. The number of aryl methyl sites for hydroxylation is 2. The highest BCUT2D eigenvalue weighted by Gasteiger charge is 2.41. The smallest absolute Gasteiger partial charge is 0.268 e. The summed E-state index contributed by atoms with van der Waals surface area (Å²) >= 11 is 0. The van der Waals surface area contributed by atoms with E-state index < -0.39 is 5.54 Å². The lowest BCUT2D eigenvalue weighted by molar-refractivity contribution is 0.0883. The van der Waals surface area contributed by atoms with E-state index in [1.165, 1.54) is 0 Å². The molecule has 6 heteroatoms. The van der Waals surface area contributed by atoms with Crippen molar-refractivity contribution >= 4 is 5.91 Å². The van der Waals surface area contributed by atoms with Crippen molar-refractivity contribution in [1.82, 2.24) is 20.0 Å². The number of nitrogens with zero attached hydrogens (tertiary/aromatic N) is 3. The van der Waals surface area contributed by atoms with Crippen molar-refractivity contribution in [2.24, 2.45) is 7.05 Å². The maximum Gasteiger partial charge on any atom is 0.268 e. The second-order valence-corrected chi connectivity index (χ2v) is 5.38. The molecule has 2 aromatic heterocycles. The highest BCUT2D eigenvalue weighted by atomic mass is 16.5. The minimum absolute atomic E-state index is 0.0955. The van der Waals surface area contributed by atoms with E-state index in [4.69, 9.17) is 4.52 Å². The fourth-order valence-corrected chi connectivity index (χ4v) is 2.86. The molecule has 2 heterocycles. The Morgan fingerprint density at radius 3 is 2.75 bits per heavy atom. The molecule has 1 aliphatic carbocycles. The van der Waals surface area contributed by atoms with Crippen molar-refractivity contribution in [2.75, 3.05) is 0 Å². The quantitative estimate of drug-likeness (QED) is 0.928. The second kappa shape index (κ2) is 4.77. The average Bonchev–Trinajstić information content (AvgIpc) is 3.10. The summed E-state index contributed by atoms with van der Waals surface area (Å²) in [6.07, 6.45) is 5.67. The van der Waals surface area contributed by atoms with Crippen molar-refractivity contribution in [3.63, 3.8) is 0 Å². The molecule has 2 aromatic rings. The first-order chi connectivity index (χ1) is 9.61. The summed E-state index contributed by atoms with van der Waals surface area (Å²) in [7, 11) is 1.86. The minimum Gasteiger partial charge on any atom is -0.347 e. The first kappa shape index (κ1) is 12.9. The number of hydrogen-bond donors (Lipinski definition) is 1. The van der Waals surface area contributed by atoms with Gasteiger partial charge in [-0.05, 0) is 25.0 Å². The van der Waals surface area contributed by atoms with Gasteiger partial charge in [0.2, 0.25) is 5.89 Å². The van der Waals surface area contributed by atoms with Crippen LogP contribution in [0.1, 0.15) is 47.9 Å². The van der Waals surface area contributed by atoms with Gasteiger partial charge in [0.05, 0.1) is 0 Å². The number of carbonyl (C=O) groups excluding carboxylic acids is 1. The van der Waals surface area contributed by atoms with E-state index in [-0.39, 0.29) is 5.91 Å². The molecule has 1 saturated carbocycles. The van der Waals surface area contributed by atoms with Crippen LogP contribution in [-0.4, -0.2) is 20.6 Å². The largest absolute Gasteiger partial charge is 0.347 e. The van der Waals surface area contributed by atoms with Crippen LogP contribution in [0.2, 0.25) is 0 Å². The lowest BCUT2D eigenvalue weighted by Crippen LogP contribution is -2.45. The Morgan fingerprint density at radius 2 is 2.20 bits per heavy atom. The fourth-order valence-electron chi connectivity index (χ4n) is 2.86. The van der Waals surface area contributed by atoms with Crippen LogP contribution >= 0.6 is 0 Å². The molecule has 106 valence electrons. The molecule has 0 unspecified atom stereocenters. The predicted octanol–water partition coefficient (Wildman–Crippen LogP) is 1.92. The van der Waals surface area contributed by atoms with Crippen molar-refractivity contribution in [1.29, 1.82) is 0 Å². The summed E-state index contributed by atoms with van der Waals surface area (Å²) in [6.45, 7) is 1.76. The van der Waals surface area contributed by atoms with E-state index >= 15 is 0 Å². The summed E-state index contributed by atoms with van der Waals surface area (Å²) in [6, 6.07) is 3.66. The van der Waals surface area contributed by atoms with Crippen molar-refractivity contribution in [3.8, 4) is 0 Å². The molecular weight excluding hydrogens is 256 g/mol. The number of hydrogen-bond acceptors (Lipinski definition) is 4. The Labute approximate surface area is 117 Å². The fraction of sp³-hybridized carbons (Fsp3) is 0.500. The van der Waals surface area contributed by atoms with Crippen molar-refractivity contribution in [2.45, 2.75) is 38.1 Å². The first-order valence-corrected chi connectivity index (χ1v) is 6.85. The van der Waals surface area contributed by atoms with E-state index in [0.29, 0.717) is 17.4 Å². The molecule has 6 nitrogen and oxygen atoms in total. The molecule has 1 fully saturated rings. The zero-order valence-corrected chi connectivity index (χ0v) is 11.7. The van der Waals surface area contributed by atoms with Gasteiger partial charge < -0.3 is 14.4 Å². The topological polar surface area (TPSA) is 73.0 Å². The van der Waals surface area contributed by atoms with Gasteiger partial charge in [0.1, 0.15) is 11.2 Å². The Kier molecular flexibility index (Phi) is 3.08. The number of carbonyl (C=O) groups is 1. The third-order valence-electron chi connectivity index (χ3n) is 3.94. The summed E-state index contributed by atoms with van der Waals surface area (Å²) in [5.41, 5.74) is 0.149. The summed E-state index contributed by atoms with van der Waals surface area (Å²) in [5, 5.41) is 7.14. The number of amides is 1. The van der Waals surface area contributed by atoms with Crippen molar-refractivity contribution < 1.29 is 9.32 Å². The second-order valence-electron chi connectivity index (χ2n) is 5.38. The van der Waals surface area contributed by atoms with Crippen LogP contribution in [0.15, 0.2) is 22.9 Å². The van der Waals surface area contributed by atoms with E-state index in [1.807, 2.05) is 19.3 Å². The van der Waals surface area contributed by atoms with Crippen LogP contribution in [0.3, 0.4) is 0 Å². The van der Waals surface area contributed by atoms with Gasteiger partial charge >= 0.3 is 0 Å². The minimum atomic E-state index is -0.487. The monoisotopic (exact) mass is 274 g/mol. The molecule has 3 rings (SSSR count). The molecule has 1 amide bonds. The molecule has 0 saturated heterocycles. The van der Waals surface area contributed by atoms with Gasteiger partial charge in [0.15, 0.2) is 5.82 Å². The third-order valence-corrected chi connectivity index (χ3v) is 3.94. The molecule has 0 aliphatic heterocycles.